The number of alkyl carbamates (subject to hydrolysis) is 1. The maximum atomic E-state index is 13.9. The number of hydrogen-bond donors (Lipinski definition) is 3. The molecule has 1 aliphatic rings. The van der Waals surface area contributed by atoms with Gasteiger partial charge in [0.05, 0.1) is 23.8 Å². The largest absolute Gasteiger partial charge is 0.444 e. The van der Waals surface area contributed by atoms with Crippen LogP contribution in [0.4, 0.5) is 13.6 Å². The quantitative estimate of drug-likeness (QED) is 0.714. The van der Waals surface area contributed by atoms with Crippen molar-refractivity contribution in [3.8, 4) is 0 Å². The lowest BCUT2D eigenvalue weighted by Gasteiger charge is -2.26. The number of nitrogens with one attached hydrogen (secondary N) is 1. The number of amides is 2. The molecule has 150 valence electrons. The molecule has 0 aliphatic carbocycles. The Morgan fingerprint density at radius 3 is 2.48 bits per heavy atom. The standard InChI is InChI=1S/C18H24F2N2O5/c1-18(2,3)27-17(26)21-14-7-11(23)8-22(9-15(14)24)16(25)12-5-4-10(19)6-13(12)20/h4-6,11,14-15,23-24H,7-9H2,1-3H3,(H,21,26)/t11-,14-,15-/m1/s1. The Kier molecular flexibility index (Phi) is 6.38. The predicted octanol–water partition coefficient (Wildman–Crippen LogP) is 1.43. The molecule has 1 aliphatic heterocycles. The summed E-state index contributed by atoms with van der Waals surface area (Å²) in [5.74, 6) is -2.64. The Morgan fingerprint density at radius 2 is 1.89 bits per heavy atom. The number of benzene rings is 1. The number of carbonyl (C=O) groups excluding carboxylic acids is 2. The summed E-state index contributed by atoms with van der Waals surface area (Å²) in [6.07, 6.45) is -3.05. The van der Waals surface area contributed by atoms with Gasteiger partial charge in [0.25, 0.3) is 5.91 Å². The molecule has 0 unspecified atom stereocenters. The first-order valence-corrected chi connectivity index (χ1v) is 8.56. The molecule has 0 spiro atoms. The summed E-state index contributed by atoms with van der Waals surface area (Å²) < 4.78 is 32.0. The number of aliphatic hydroxyl groups is 2. The van der Waals surface area contributed by atoms with E-state index in [2.05, 4.69) is 5.32 Å². The van der Waals surface area contributed by atoms with Crippen molar-refractivity contribution < 1.29 is 33.3 Å². The molecular weight excluding hydrogens is 362 g/mol. The summed E-state index contributed by atoms with van der Waals surface area (Å²) in [5.41, 5.74) is -1.10. The normalized spacial score (nSPS) is 23.5. The van der Waals surface area contributed by atoms with Crippen molar-refractivity contribution in [3.63, 3.8) is 0 Å². The van der Waals surface area contributed by atoms with Gasteiger partial charge in [-0.15, -0.1) is 0 Å². The minimum absolute atomic E-state index is 0.0178. The van der Waals surface area contributed by atoms with Crippen molar-refractivity contribution in [1.82, 2.24) is 10.2 Å². The fraction of sp³-hybridized carbons (Fsp3) is 0.556. The molecule has 1 aromatic carbocycles. The first-order chi connectivity index (χ1) is 12.5. The van der Waals surface area contributed by atoms with Crippen LogP contribution < -0.4 is 5.32 Å². The molecule has 2 amide bonds. The fourth-order valence-corrected chi connectivity index (χ4v) is 2.82. The lowest BCUT2D eigenvalue weighted by molar-refractivity contribution is 0.0382. The van der Waals surface area contributed by atoms with Crippen molar-refractivity contribution in [2.45, 2.75) is 51.0 Å². The van der Waals surface area contributed by atoms with E-state index >= 15 is 0 Å². The smallest absolute Gasteiger partial charge is 0.407 e. The number of carbonyl (C=O) groups is 2. The first kappa shape index (κ1) is 21.0. The molecule has 0 aromatic heterocycles. The number of halogens is 2. The lowest BCUT2D eigenvalue weighted by atomic mass is 10.1. The van der Waals surface area contributed by atoms with Gasteiger partial charge in [-0.25, -0.2) is 13.6 Å². The molecule has 0 radical (unpaired) electrons. The predicted molar refractivity (Wildman–Crippen MR) is 92.0 cm³/mol. The number of nitrogens with zero attached hydrogens (tertiary/aromatic N) is 1. The summed E-state index contributed by atoms with van der Waals surface area (Å²) in [7, 11) is 0. The zero-order chi connectivity index (χ0) is 20.4. The molecule has 1 fully saturated rings. The van der Waals surface area contributed by atoms with Crippen molar-refractivity contribution in [3.05, 3.63) is 35.4 Å². The van der Waals surface area contributed by atoms with Gasteiger partial charge in [0.1, 0.15) is 17.2 Å². The van der Waals surface area contributed by atoms with E-state index < -0.39 is 47.5 Å². The minimum Gasteiger partial charge on any atom is -0.444 e. The molecule has 7 nitrogen and oxygen atoms in total. The summed E-state index contributed by atoms with van der Waals surface area (Å²) in [6, 6.07) is 1.69. The van der Waals surface area contributed by atoms with E-state index in [9.17, 15) is 28.6 Å². The van der Waals surface area contributed by atoms with E-state index in [-0.39, 0.29) is 25.1 Å². The second-order valence-corrected chi connectivity index (χ2v) is 7.54. The van der Waals surface area contributed by atoms with Crippen LogP contribution in [0.5, 0.6) is 0 Å². The molecule has 1 heterocycles. The Balaban J connectivity index is 2.10. The van der Waals surface area contributed by atoms with Crippen LogP contribution >= 0.6 is 0 Å². The first-order valence-electron chi connectivity index (χ1n) is 8.56. The highest BCUT2D eigenvalue weighted by Gasteiger charge is 2.34. The van der Waals surface area contributed by atoms with E-state index in [0.717, 1.165) is 17.0 Å². The third-order valence-electron chi connectivity index (χ3n) is 3.98. The Bertz CT molecular complexity index is 707. The van der Waals surface area contributed by atoms with Gasteiger partial charge in [-0.3, -0.25) is 4.79 Å². The fourth-order valence-electron chi connectivity index (χ4n) is 2.82. The summed E-state index contributed by atoms with van der Waals surface area (Å²) >= 11 is 0. The number of aliphatic hydroxyl groups excluding tert-OH is 2. The zero-order valence-corrected chi connectivity index (χ0v) is 15.4. The van der Waals surface area contributed by atoms with Crippen LogP contribution in [0.2, 0.25) is 0 Å². The third kappa shape index (κ3) is 5.86. The van der Waals surface area contributed by atoms with Crippen molar-refractivity contribution in [2.75, 3.05) is 13.1 Å². The van der Waals surface area contributed by atoms with Gasteiger partial charge in [-0.2, -0.15) is 0 Å². The van der Waals surface area contributed by atoms with Crippen LogP contribution in [-0.4, -0.2) is 64.1 Å². The number of β-amino-alcohol motifs (C(OH)–C–C–N with tert-alkyl or cyclic N) is 2. The van der Waals surface area contributed by atoms with Crippen molar-refractivity contribution in [1.29, 1.82) is 0 Å². The molecular formula is C18H24F2N2O5. The van der Waals surface area contributed by atoms with Gasteiger partial charge >= 0.3 is 6.09 Å². The summed E-state index contributed by atoms with van der Waals surface area (Å²) in [6.45, 7) is 4.64. The maximum Gasteiger partial charge on any atom is 0.407 e. The molecule has 3 N–H and O–H groups in total. The van der Waals surface area contributed by atoms with Crippen LogP contribution in [-0.2, 0) is 4.74 Å². The number of hydrogen-bond acceptors (Lipinski definition) is 5. The molecule has 9 heteroatoms. The number of rotatable bonds is 2. The highest BCUT2D eigenvalue weighted by atomic mass is 19.1. The van der Waals surface area contributed by atoms with E-state index in [1.54, 1.807) is 20.8 Å². The van der Waals surface area contributed by atoms with Crippen LogP contribution in [0.1, 0.15) is 37.6 Å². The van der Waals surface area contributed by atoms with Gasteiger partial charge < -0.3 is 25.2 Å². The average molecular weight is 386 g/mol. The highest BCUT2D eigenvalue weighted by Crippen LogP contribution is 2.18. The van der Waals surface area contributed by atoms with Gasteiger partial charge in [0.15, 0.2) is 0 Å². The topological polar surface area (TPSA) is 99.1 Å². The summed E-state index contributed by atoms with van der Waals surface area (Å²) in [4.78, 5) is 25.5. The zero-order valence-electron chi connectivity index (χ0n) is 15.4. The van der Waals surface area contributed by atoms with Crippen LogP contribution in [0.3, 0.4) is 0 Å². The maximum absolute atomic E-state index is 13.9. The Morgan fingerprint density at radius 1 is 1.22 bits per heavy atom. The van der Waals surface area contributed by atoms with E-state index in [0.29, 0.717) is 6.07 Å². The van der Waals surface area contributed by atoms with Crippen molar-refractivity contribution in [2.24, 2.45) is 0 Å². The molecule has 1 aromatic rings. The van der Waals surface area contributed by atoms with E-state index in [4.69, 9.17) is 4.74 Å². The van der Waals surface area contributed by atoms with Gasteiger partial charge in [-0.05, 0) is 39.3 Å². The highest BCUT2D eigenvalue weighted by molar-refractivity contribution is 5.94. The monoisotopic (exact) mass is 386 g/mol. The Hall–Kier alpha value is -2.26. The molecule has 0 saturated carbocycles. The third-order valence-corrected chi connectivity index (χ3v) is 3.98. The molecule has 1 saturated heterocycles. The second-order valence-electron chi connectivity index (χ2n) is 7.54. The second kappa shape index (κ2) is 8.18. The molecule has 0 bridgehead atoms. The van der Waals surface area contributed by atoms with Gasteiger partial charge in [0.2, 0.25) is 0 Å². The SMILES string of the molecule is CC(C)(C)OC(=O)N[C@@H]1C[C@@H](O)CN(C(=O)c2ccc(F)cc2F)C[C@H]1O. The minimum atomic E-state index is -1.21. The van der Waals surface area contributed by atoms with E-state index in [1.807, 2.05) is 0 Å². The Labute approximate surface area is 155 Å². The number of likely N-dealkylation sites (tertiary alicyclic amines) is 1. The van der Waals surface area contributed by atoms with Gasteiger partial charge in [0, 0.05) is 19.2 Å². The molecule has 27 heavy (non-hydrogen) atoms. The summed E-state index contributed by atoms with van der Waals surface area (Å²) in [5, 5.41) is 23.0. The van der Waals surface area contributed by atoms with E-state index in [1.165, 1.54) is 0 Å². The van der Waals surface area contributed by atoms with Crippen molar-refractivity contribution >= 4 is 12.0 Å². The van der Waals surface area contributed by atoms with Crippen LogP contribution in [0.25, 0.3) is 0 Å². The molecule has 3 atom stereocenters. The number of ether oxygens (including phenoxy) is 1. The van der Waals surface area contributed by atoms with Gasteiger partial charge in [-0.1, -0.05) is 0 Å². The van der Waals surface area contributed by atoms with Crippen LogP contribution in [0.15, 0.2) is 18.2 Å². The average Bonchev–Trinajstić information content (AvgIpc) is 2.64. The van der Waals surface area contributed by atoms with Crippen LogP contribution in [0, 0.1) is 11.6 Å². The molecule has 2 rings (SSSR count). The lowest BCUT2D eigenvalue weighted by Crippen LogP contribution is -2.48.